The summed E-state index contributed by atoms with van der Waals surface area (Å²) in [5.74, 6) is -1.51. The predicted molar refractivity (Wildman–Crippen MR) is 77.6 cm³/mol. The van der Waals surface area contributed by atoms with Gasteiger partial charge in [0, 0.05) is 16.0 Å². The minimum absolute atomic E-state index is 0.0792. The molecule has 0 aliphatic rings. The fourth-order valence-corrected chi connectivity index (χ4v) is 1.90. The molecular weight excluding hydrogens is 336 g/mol. The quantitative estimate of drug-likeness (QED) is 0.763. The van der Waals surface area contributed by atoms with Gasteiger partial charge in [0.1, 0.15) is 0 Å². The van der Waals surface area contributed by atoms with E-state index in [0.717, 1.165) is 0 Å². The van der Waals surface area contributed by atoms with Crippen LogP contribution in [0.15, 0.2) is 22.7 Å². The summed E-state index contributed by atoms with van der Waals surface area (Å²) in [6.45, 7) is 1.84. The van der Waals surface area contributed by atoms with E-state index in [1.165, 1.54) is 0 Å². The van der Waals surface area contributed by atoms with Crippen LogP contribution >= 0.6 is 27.5 Å². The number of rotatable bonds is 5. The van der Waals surface area contributed by atoms with Crippen LogP contribution in [0.3, 0.4) is 0 Å². The van der Waals surface area contributed by atoms with E-state index in [4.69, 9.17) is 16.7 Å². The molecule has 0 bridgehead atoms. The predicted octanol–water partition coefficient (Wildman–Crippen LogP) is 3.33. The van der Waals surface area contributed by atoms with Crippen molar-refractivity contribution in [3.8, 4) is 0 Å². The Hall–Kier alpha value is -1.27. The van der Waals surface area contributed by atoms with Gasteiger partial charge >= 0.3 is 12.0 Å². The summed E-state index contributed by atoms with van der Waals surface area (Å²) >= 11 is 9.10. The van der Waals surface area contributed by atoms with Crippen molar-refractivity contribution >= 4 is 45.2 Å². The maximum Gasteiger partial charge on any atom is 0.319 e. The molecule has 0 saturated carbocycles. The number of amides is 2. The molecule has 1 aromatic carbocycles. The van der Waals surface area contributed by atoms with E-state index >= 15 is 0 Å². The first kappa shape index (κ1) is 15.8. The molecule has 0 spiro atoms. The van der Waals surface area contributed by atoms with Crippen LogP contribution in [-0.4, -0.2) is 23.7 Å². The molecule has 1 aromatic rings. The lowest BCUT2D eigenvalue weighted by molar-refractivity contribution is -0.141. The highest BCUT2D eigenvalue weighted by Gasteiger charge is 2.16. The normalized spacial score (nSPS) is 11.7. The van der Waals surface area contributed by atoms with Crippen LogP contribution in [0.1, 0.15) is 13.3 Å². The fourth-order valence-electron chi connectivity index (χ4n) is 1.38. The number of carboxylic acids is 1. The smallest absolute Gasteiger partial charge is 0.319 e. The van der Waals surface area contributed by atoms with Crippen molar-refractivity contribution in [2.45, 2.75) is 13.3 Å². The van der Waals surface area contributed by atoms with Gasteiger partial charge in [-0.25, -0.2) is 4.79 Å². The summed E-state index contributed by atoms with van der Waals surface area (Å²) in [5, 5.41) is 14.5. The van der Waals surface area contributed by atoms with E-state index < -0.39 is 17.9 Å². The topological polar surface area (TPSA) is 78.4 Å². The summed E-state index contributed by atoms with van der Waals surface area (Å²) in [5.41, 5.74) is 0.522. The molecule has 5 nitrogen and oxygen atoms in total. The van der Waals surface area contributed by atoms with Crippen LogP contribution in [0.2, 0.25) is 5.02 Å². The highest BCUT2D eigenvalue weighted by atomic mass is 79.9. The van der Waals surface area contributed by atoms with E-state index in [0.29, 0.717) is 21.6 Å². The number of benzene rings is 1. The van der Waals surface area contributed by atoms with Crippen LogP contribution in [0, 0.1) is 5.92 Å². The number of anilines is 1. The molecule has 3 N–H and O–H groups in total. The molecule has 0 radical (unpaired) electrons. The van der Waals surface area contributed by atoms with Crippen LogP contribution in [0.5, 0.6) is 0 Å². The van der Waals surface area contributed by atoms with Gasteiger partial charge in [0.15, 0.2) is 0 Å². The Morgan fingerprint density at radius 1 is 1.47 bits per heavy atom. The van der Waals surface area contributed by atoms with Gasteiger partial charge in [-0.05, 0) is 40.5 Å². The van der Waals surface area contributed by atoms with Gasteiger partial charge in [0.25, 0.3) is 0 Å². The Labute approximate surface area is 124 Å². The van der Waals surface area contributed by atoms with Crippen molar-refractivity contribution in [3.63, 3.8) is 0 Å². The number of hydrogen-bond donors (Lipinski definition) is 3. The zero-order chi connectivity index (χ0) is 14.4. The zero-order valence-corrected chi connectivity index (χ0v) is 12.6. The molecule has 19 heavy (non-hydrogen) atoms. The number of nitrogens with one attached hydrogen (secondary N) is 2. The Kier molecular flexibility index (Phi) is 6.11. The van der Waals surface area contributed by atoms with Crippen molar-refractivity contribution in [2.24, 2.45) is 5.92 Å². The third-order valence-electron chi connectivity index (χ3n) is 2.53. The van der Waals surface area contributed by atoms with Crippen molar-refractivity contribution in [3.05, 3.63) is 27.7 Å². The van der Waals surface area contributed by atoms with Crippen molar-refractivity contribution in [1.82, 2.24) is 5.32 Å². The van der Waals surface area contributed by atoms with Gasteiger partial charge in [0.2, 0.25) is 0 Å². The fraction of sp³-hybridized carbons (Fsp3) is 0.333. The third-order valence-corrected chi connectivity index (χ3v) is 3.45. The molecular formula is C12H14BrClN2O3. The lowest BCUT2D eigenvalue weighted by atomic mass is 10.1. The molecule has 104 valence electrons. The second-order valence-corrected chi connectivity index (χ2v) is 5.19. The average Bonchev–Trinajstić information content (AvgIpc) is 2.34. The molecule has 0 heterocycles. The lowest BCUT2D eigenvalue weighted by Crippen LogP contribution is -2.35. The molecule has 0 fully saturated rings. The molecule has 0 aliphatic heterocycles. The molecule has 0 aliphatic carbocycles. The van der Waals surface area contributed by atoms with Gasteiger partial charge < -0.3 is 15.7 Å². The average molecular weight is 350 g/mol. The molecule has 0 aromatic heterocycles. The number of hydrogen-bond acceptors (Lipinski definition) is 2. The maximum absolute atomic E-state index is 11.6. The summed E-state index contributed by atoms with van der Waals surface area (Å²) in [6.07, 6.45) is 0.455. The zero-order valence-electron chi connectivity index (χ0n) is 10.2. The van der Waals surface area contributed by atoms with E-state index in [1.54, 1.807) is 25.1 Å². The van der Waals surface area contributed by atoms with Gasteiger partial charge in [-0.15, -0.1) is 0 Å². The molecule has 1 atom stereocenters. The van der Waals surface area contributed by atoms with Crippen LogP contribution < -0.4 is 10.6 Å². The van der Waals surface area contributed by atoms with Gasteiger partial charge in [-0.2, -0.15) is 0 Å². The first-order chi connectivity index (χ1) is 8.93. The molecule has 0 saturated heterocycles. The Balaban J connectivity index is 2.56. The Bertz CT molecular complexity index is 482. The lowest BCUT2D eigenvalue weighted by Gasteiger charge is -2.12. The van der Waals surface area contributed by atoms with Crippen molar-refractivity contribution < 1.29 is 14.7 Å². The molecule has 1 rings (SSSR count). The van der Waals surface area contributed by atoms with E-state index in [2.05, 4.69) is 26.6 Å². The van der Waals surface area contributed by atoms with E-state index in [9.17, 15) is 9.59 Å². The minimum Gasteiger partial charge on any atom is -0.481 e. The summed E-state index contributed by atoms with van der Waals surface area (Å²) in [6, 6.07) is 4.53. The van der Waals surface area contributed by atoms with Gasteiger partial charge in [0.05, 0.1) is 11.6 Å². The highest BCUT2D eigenvalue weighted by Crippen LogP contribution is 2.25. The van der Waals surface area contributed by atoms with Crippen molar-refractivity contribution in [2.75, 3.05) is 11.9 Å². The minimum atomic E-state index is -0.924. The third kappa shape index (κ3) is 5.08. The second kappa shape index (κ2) is 7.35. The number of carbonyl (C=O) groups excluding carboxylic acids is 1. The number of aliphatic carboxylic acids is 1. The Morgan fingerprint density at radius 2 is 2.16 bits per heavy atom. The van der Waals surface area contributed by atoms with Crippen LogP contribution in [0.25, 0.3) is 0 Å². The number of halogens is 2. The molecule has 1 unspecified atom stereocenters. The summed E-state index contributed by atoms with van der Waals surface area (Å²) < 4.78 is 0.692. The number of urea groups is 1. The first-order valence-electron chi connectivity index (χ1n) is 5.66. The SMILES string of the molecule is CCC(CNC(=O)Nc1cc(Cl)ccc1Br)C(=O)O. The molecule has 7 heteroatoms. The van der Waals surface area contributed by atoms with E-state index in [-0.39, 0.29) is 6.54 Å². The standard InChI is InChI=1S/C12H14BrClN2O3/c1-2-7(11(17)18)6-15-12(19)16-10-5-8(14)3-4-9(10)13/h3-5,7H,2,6H2,1H3,(H,17,18)(H2,15,16,19). The first-order valence-corrected chi connectivity index (χ1v) is 6.83. The second-order valence-electron chi connectivity index (χ2n) is 3.90. The largest absolute Gasteiger partial charge is 0.481 e. The molecule has 2 amide bonds. The summed E-state index contributed by atoms with van der Waals surface area (Å²) in [4.78, 5) is 22.4. The maximum atomic E-state index is 11.6. The number of carbonyl (C=O) groups is 2. The van der Waals surface area contributed by atoms with Gasteiger partial charge in [-0.3, -0.25) is 4.79 Å². The highest BCUT2D eigenvalue weighted by molar-refractivity contribution is 9.10. The monoisotopic (exact) mass is 348 g/mol. The Morgan fingerprint density at radius 3 is 2.74 bits per heavy atom. The van der Waals surface area contributed by atoms with Crippen LogP contribution in [-0.2, 0) is 4.79 Å². The van der Waals surface area contributed by atoms with Crippen LogP contribution in [0.4, 0.5) is 10.5 Å². The number of carboxylic acid groups (broad SMARTS) is 1. The van der Waals surface area contributed by atoms with Crippen molar-refractivity contribution in [1.29, 1.82) is 0 Å². The summed E-state index contributed by atoms with van der Waals surface area (Å²) in [7, 11) is 0. The van der Waals surface area contributed by atoms with E-state index in [1.807, 2.05) is 0 Å². The van der Waals surface area contributed by atoms with Gasteiger partial charge in [-0.1, -0.05) is 18.5 Å².